The SMILES string of the molecule is CNCCOc1ccc(N)nc1. The van der Waals surface area contributed by atoms with Gasteiger partial charge in [0.05, 0.1) is 6.20 Å². The second kappa shape index (κ2) is 4.56. The number of anilines is 1. The molecule has 0 spiro atoms. The maximum atomic E-state index is 5.40. The fourth-order valence-electron chi connectivity index (χ4n) is 0.748. The zero-order valence-corrected chi connectivity index (χ0v) is 7.08. The minimum atomic E-state index is 0.510. The van der Waals surface area contributed by atoms with Crippen LogP contribution in [0.2, 0.25) is 0 Å². The summed E-state index contributed by atoms with van der Waals surface area (Å²) >= 11 is 0. The first-order chi connectivity index (χ1) is 5.83. The number of hydrogen-bond donors (Lipinski definition) is 2. The van der Waals surface area contributed by atoms with Crippen LogP contribution in [0.25, 0.3) is 0 Å². The van der Waals surface area contributed by atoms with Crippen molar-refractivity contribution < 1.29 is 4.74 Å². The van der Waals surface area contributed by atoms with Crippen LogP contribution in [0.1, 0.15) is 0 Å². The molecule has 0 atom stereocenters. The van der Waals surface area contributed by atoms with Crippen LogP contribution in [0.3, 0.4) is 0 Å². The molecule has 0 bridgehead atoms. The molecular weight excluding hydrogens is 154 g/mol. The van der Waals surface area contributed by atoms with Crippen molar-refractivity contribution >= 4 is 5.82 Å². The van der Waals surface area contributed by atoms with E-state index in [0.29, 0.717) is 12.4 Å². The van der Waals surface area contributed by atoms with E-state index >= 15 is 0 Å². The van der Waals surface area contributed by atoms with Gasteiger partial charge in [0, 0.05) is 6.54 Å². The van der Waals surface area contributed by atoms with Crippen molar-refractivity contribution in [2.75, 3.05) is 25.9 Å². The molecular formula is C8H13N3O. The Morgan fingerprint density at radius 3 is 3.00 bits per heavy atom. The van der Waals surface area contributed by atoms with E-state index in [1.54, 1.807) is 18.3 Å². The molecule has 1 aromatic rings. The van der Waals surface area contributed by atoms with Gasteiger partial charge in [-0.1, -0.05) is 0 Å². The van der Waals surface area contributed by atoms with E-state index in [9.17, 15) is 0 Å². The van der Waals surface area contributed by atoms with Gasteiger partial charge in [0.2, 0.25) is 0 Å². The van der Waals surface area contributed by atoms with Crippen molar-refractivity contribution in [3.8, 4) is 5.75 Å². The van der Waals surface area contributed by atoms with Crippen LogP contribution in [0.4, 0.5) is 5.82 Å². The molecule has 1 rings (SSSR count). The first-order valence-electron chi connectivity index (χ1n) is 3.82. The number of pyridine rings is 1. The third-order valence-corrected chi connectivity index (χ3v) is 1.38. The van der Waals surface area contributed by atoms with Crippen LogP contribution >= 0.6 is 0 Å². The fraction of sp³-hybridized carbons (Fsp3) is 0.375. The monoisotopic (exact) mass is 167 g/mol. The molecule has 0 unspecified atom stereocenters. The van der Waals surface area contributed by atoms with Gasteiger partial charge in [-0.2, -0.15) is 0 Å². The van der Waals surface area contributed by atoms with Crippen LogP contribution in [-0.2, 0) is 0 Å². The van der Waals surface area contributed by atoms with E-state index in [1.807, 2.05) is 7.05 Å². The van der Waals surface area contributed by atoms with Crippen molar-refractivity contribution in [1.29, 1.82) is 0 Å². The van der Waals surface area contributed by atoms with Gasteiger partial charge in [-0.05, 0) is 19.2 Å². The quantitative estimate of drug-likeness (QED) is 0.631. The van der Waals surface area contributed by atoms with E-state index < -0.39 is 0 Å². The number of nitrogens with zero attached hydrogens (tertiary/aromatic N) is 1. The Morgan fingerprint density at radius 1 is 1.58 bits per heavy atom. The average Bonchev–Trinajstić information content (AvgIpc) is 2.09. The number of aromatic nitrogens is 1. The third-order valence-electron chi connectivity index (χ3n) is 1.38. The Kier molecular flexibility index (Phi) is 3.35. The Morgan fingerprint density at radius 2 is 2.42 bits per heavy atom. The highest BCUT2D eigenvalue weighted by Gasteiger charge is 1.92. The van der Waals surface area contributed by atoms with Gasteiger partial charge < -0.3 is 15.8 Å². The van der Waals surface area contributed by atoms with E-state index in [1.165, 1.54) is 0 Å². The van der Waals surface area contributed by atoms with Crippen molar-refractivity contribution in [3.05, 3.63) is 18.3 Å². The van der Waals surface area contributed by atoms with Crippen LogP contribution in [-0.4, -0.2) is 25.2 Å². The molecule has 4 nitrogen and oxygen atoms in total. The number of nitrogens with two attached hydrogens (primary N) is 1. The summed E-state index contributed by atoms with van der Waals surface area (Å²) < 4.78 is 5.32. The molecule has 0 aliphatic carbocycles. The summed E-state index contributed by atoms with van der Waals surface area (Å²) in [7, 11) is 1.88. The van der Waals surface area contributed by atoms with Crippen LogP contribution in [0.15, 0.2) is 18.3 Å². The highest BCUT2D eigenvalue weighted by atomic mass is 16.5. The lowest BCUT2D eigenvalue weighted by atomic mass is 10.4. The number of likely N-dealkylation sites (N-methyl/N-ethyl adjacent to an activating group) is 1. The summed E-state index contributed by atoms with van der Waals surface area (Å²) in [4.78, 5) is 3.89. The molecule has 1 heterocycles. The summed E-state index contributed by atoms with van der Waals surface area (Å²) in [5.74, 6) is 1.26. The first-order valence-corrected chi connectivity index (χ1v) is 3.82. The molecule has 3 N–H and O–H groups in total. The lowest BCUT2D eigenvalue weighted by molar-refractivity contribution is 0.317. The lowest BCUT2D eigenvalue weighted by Crippen LogP contribution is -2.15. The Hall–Kier alpha value is -1.29. The summed E-state index contributed by atoms with van der Waals surface area (Å²) in [5.41, 5.74) is 5.40. The topological polar surface area (TPSA) is 60.2 Å². The number of nitrogens with one attached hydrogen (secondary N) is 1. The first kappa shape index (κ1) is 8.80. The summed E-state index contributed by atoms with van der Waals surface area (Å²) in [6.07, 6.45) is 1.62. The number of rotatable bonds is 4. The lowest BCUT2D eigenvalue weighted by Gasteiger charge is -2.04. The van der Waals surface area contributed by atoms with Crippen LogP contribution in [0.5, 0.6) is 5.75 Å². The second-order valence-corrected chi connectivity index (χ2v) is 2.37. The number of nitrogen functional groups attached to an aromatic ring is 1. The van der Waals surface area contributed by atoms with Gasteiger partial charge in [0.15, 0.2) is 0 Å². The van der Waals surface area contributed by atoms with Gasteiger partial charge in [0.1, 0.15) is 18.2 Å². The van der Waals surface area contributed by atoms with Crippen molar-refractivity contribution in [3.63, 3.8) is 0 Å². The van der Waals surface area contributed by atoms with Crippen molar-refractivity contribution in [2.24, 2.45) is 0 Å². The summed E-state index contributed by atoms with van der Waals surface area (Å²) in [6.45, 7) is 1.46. The van der Waals surface area contributed by atoms with Crippen LogP contribution in [0, 0.1) is 0 Å². The van der Waals surface area contributed by atoms with Gasteiger partial charge in [-0.3, -0.25) is 0 Å². The molecule has 1 aromatic heterocycles. The van der Waals surface area contributed by atoms with E-state index in [-0.39, 0.29) is 0 Å². The molecule has 4 heteroatoms. The van der Waals surface area contributed by atoms with E-state index in [2.05, 4.69) is 10.3 Å². The minimum Gasteiger partial charge on any atom is -0.491 e. The standard InChI is InChI=1S/C8H13N3O/c1-10-4-5-12-7-2-3-8(9)11-6-7/h2-3,6,10H,4-5H2,1H3,(H2,9,11). The molecule has 0 radical (unpaired) electrons. The molecule has 12 heavy (non-hydrogen) atoms. The minimum absolute atomic E-state index is 0.510. The molecule has 0 saturated carbocycles. The normalized spacial score (nSPS) is 9.75. The van der Waals surface area contributed by atoms with Crippen molar-refractivity contribution in [1.82, 2.24) is 10.3 Å². The molecule has 0 saturated heterocycles. The molecule has 0 aromatic carbocycles. The Balaban J connectivity index is 2.37. The van der Waals surface area contributed by atoms with E-state index in [4.69, 9.17) is 10.5 Å². The Bertz CT molecular complexity index is 222. The van der Waals surface area contributed by atoms with Crippen molar-refractivity contribution in [2.45, 2.75) is 0 Å². The van der Waals surface area contributed by atoms with Gasteiger partial charge in [-0.15, -0.1) is 0 Å². The largest absolute Gasteiger partial charge is 0.491 e. The molecule has 0 aliphatic heterocycles. The molecule has 0 fully saturated rings. The van der Waals surface area contributed by atoms with Gasteiger partial charge >= 0.3 is 0 Å². The number of hydrogen-bond acceptors (Lipinski definition) is 4. The molecule has 0 aliphatic rings. The highest BCUT2D eigenvalue weighted by Crippen LogP contribution is 2.08. The average molecular weight is 167 g/mol. The number of ether oxygens (including phenoxy) is 1. The third kappa shape index (κ3) is 2.75. The predicted octanol–water partition coefficient (Wildman–Crippen LogP) is 0.262. The fourth-order valence-corrected chi connectivity index (χ4v) is 0.748. The smallest absolute Gasteiger partial charge is 0.137 e. The maximum absolute atomic E-state index is 5.40. The van der Waals surface area contributed by atoms with Crippen LogP contribution < -0.4 is 15.8 Å². The summed E-state index contributed by atoms with van der Waals surface area (Å²) in [6, 6.07) is 3.52. The van der Waals surface area contributed by atoms with Gasteiger partial charge in [0.25, 0.3) is 0 Å². The summed E-state index contributed by atoms with van der Waals surface area (Å²) in [5, 5.41) is 2.98. The molecule has 0 amide bonds. The highest BCUT2D eigenvalue weighted by molar-refractivity contribution is 5.31. The zero-order chi connectivity index (χ0) is 8.81. The second-order valence-electron chi connectivity index (χ2n) is 2.37. The zero-order valence-electron chi connectivity index (χ0n) is 7.08. The predicted molar refractivity (Wildman–Crippen MR) is 48.1 cm³/mol. The van der Waals surface area contributed by atoms with Gasteiger partial charge in [-0.25, -0.2) is 4.98 Å². The van der Waals surface area contributed by atoms with E-state index in [0.717, 1.165) is 12.3 Å². The molecule has 66 valence electrons. The maximum Gasteiger partial charge on any atom is 0.137 e. The Labute approximate surface area is 71.7 Å².